The second kappa shape index (κ2) is 2.68. The van der Waals surface area contributed by atoms with Gasteiger partial charge in [0.05, 0.1) is 5.10 Å². The Morgan fingerprint density at radius 1 is 1.31 bits per heavy atom. The van der Waals surface area contributed by atoms with E-state index in [0.717, 1.165) is 10.9 Å². The van der Waals surface area contributed by atoms with E-state index in [1.165, 1.54) is 4.90 Å². The first-order chi connectivity index (χ1) is 6.07. The second-order valence-electron chi connectivity index (χ2n) is 3.88. The van der Waals surface area contributed by atoms with Gasteiger partial charge in [0.1, 0.15) is 10.9 Å². The van der Waals surface area contributed by atoms with Crippen molar-refractivity contribution in [2.24, 2.45) is 0 Å². The van der Waals surface area contributed by atoms with Crippen LogP contribution in [-0.2, 0) is 0 Å². The molecular weight excluding hydrogens is 180 g/mol. The van der Waals surface area contributed by atoms with Crippen LogP contribution in [-0.4, -0.2) is 23.9 Å². The lowest BCUT2D eigenvalue weighted by Crippen LogP contribution is -1.93. The molecule has 68 valence electrons. The Morgan fingerprint density at radius 3 is 2.77 bits per heavy atom. The smallest absolute Gasteiger partial charge is 0.223 e. The molecule has 0 atom stereocenters. The number of H-pyrrole nitrogens is 1. The largest absolute Gasteiger partial charge is 0.360 e. The van der Waals surface area contributed by atoms with Gasteiger partial charge in [-0.25, -0.2) is 10.0 Å². The molecule has 0 unspecified atom stereocenters. The molecule has 2 rings (SSSR count). The fraction of sp³-hybridized carbons (Fsp3) is 0.300. The molecule has 0 aliphatic heterocycles. The zero-order valence-electron chi connectivity index (χ0n) is 8.09. The average molecular weight is 193 g/mol. The second-order valence-corrected chi connectivity index (χ2v) is 8.03. The lowest BCUT2D eigenvalue weighted by atomic mass is 10.3. The number of hydrogen-bond donors (Lipinski definition) is 1. The van der Waals surface area contributed by atoms with Gasteiger partial charge < -0.3 is 0 Å². The van der Waals surface area contributed by atoms with Crippen LogP contribution in [0.2, 0.25) is 0 Å². The summed E-state index contributed by atoms with van der Waals surface area (Å²) in [6, 6.07) is 6.42. The van der Waals surface area contributed by atoms with Crippen molar-refractivity contribution >= 4 is 20.9 Å². The SMILES string of the molecule is CS(C)(C)c1ccc2c#[n+][nH]c2c1. The summed E-state index contributed by atoms with van der Waals surface area (Å²) < 4.78 is 0. The Hall–Kier alpha value is -1.14. The number of hydrogen-bond acceptors (Lipinski definition) is 0. The third kappa shape index (κ3) is 1.50. The van der Waals surface area contributed by atoms with Crippen LogP contribution in [0.3, 0.4) is 0 Å². The molecule has 2 aromatic rings. The quantitative estimate of drug-likeness (QED) is 0.733. The zero-order chi connectivity index (χ0) is 9.47. The van der Waals surface area contributed by atoms with E-state index in [0.29, 0.717) is 0 Å². The van der Waals surface area contributed by atoms with Crippen LogP contribution < -0.4 is 5.10 Å². The highest BCUT2D eigenvalue weighted by Gasteiger charge is 2.10. The van der Waals surface area contributed by atoms with Gasteiger partial charge in [-0.15, -0.1) is 0 Å². The number of nitrogens with zero attached hydrogens (tertiary/aromatic N) is 1. The number of rotatable bonds is 1. The molecule has 2 nitrogen and oxygen atoms in total. The first-order valence-corrected chi connectivity index (χ1v) is 6.97. The molecule has 0 spiro atoms. The van der Waals surface area contributed by atoms with Crippen LogP contribution in [0.25, 0.3) is 10.9 Å². The standard InChI is InChI=1S/C10H12N2S/c1-13(2,3)9-5-4-8-7-11-12-10(8)6-9/h4-6H,1-3H3/p+1. The van der Waals surface area contributed by atoms with E-state index < -0.39 is 10.0 Å². The van der Waals surface area contributed by atoms with Crippen molar-refractivity contribution in [2.45, 2.75) is 4.90 Å². The number of benzene rings is 1. The van der Waals surface area contributed by atoms with E-state index in [-0.39, 0.29) is 0 Å². The maximum absolute atomic E-state index is 3.88. The summed E-state index contributed by atoms with van der Waals surface area (Å²) in [7, 11) is -0.634. The lowest BCUT2D eigenvalue weighted by Gasteiger charge is -2.25. The fourth-order valence-electron chi connectivity index (χ4n) is 1.24. The molecule has 1 heterocycles. The normalized spacial score (nSPS) is 12.8. The summed E-state index contributed by atoms with van der Waals surface area (Å²) in [5.41, 5.74) is 1.08. The Bertz CT molecular complexity index is 426. The van der Waals surface area contributed by atoms with Gasteiger partial charge in [0.2, 0.25) is 0 Å². The van der Waals surface area contributed by atoms with Gasteiger partial charge in [-0.05, 0) is 47.0 Å². The number of nitrogens with one attached hydrogen (secondary N) is 1. The third-order valence-electron chi connectivity index (χ3n) is 2.05. The molecule has 0 aliphatic carbocycles. The van der Waals surface area contributed by atoms with E-state index in [9.17, 15) is 0 Å². The molecule has 0 aliphatic rings. The summed E-state index contributed by atoms with van der Waals surface area (Å²) in [5.74, 6) is 0. The molecule has 1 N–H and O–H groups in total. The third-order valence-corrected chi connectivity index (χ3v) is 3.72. The maximum Gasteiger partial charge on any atom is 0.360 e. The van der Waals surface area contributed by atoms with Crippen molar-refractivity contribution in [3.05, 3.63) is 24.4 Å². The van der Waals surface area contributed by atoms with Crippen LogP contribution in [0.1, 0.15) is 0 Å². The molecule has 0 fully saturated rings. The number of aromatic nitrogens is 2. The van der Waals surface area contributed by atoms with Crippen LogP contribution in [0.15, 0.2) is 23.1 Å². The molecular formula is C10H13N2S+. The summed E-state index contributed by atoms with van der Waals surface area (Å²) in [6.07, 6.45) is 9.76. The van der Waals surface area contributed by atoms with E-state index in [4.69, 9.17) is 0 Å². The molecule has 1 aromatic heterocycles. The van der Waals surface area contributed by atoms with E-state index >= 15 is 0 Å². The van der Waals surface area contributed by atoms with Gasteiger partial charge in [0, 0.05) is 0 Å². The molecule has 0 saturated heterocycles. The van der Waals surface area contributed by atoms with Gasteiger partial charge >= 0.3 is 6.20 Å². The van der Waals surface area contributed by atoms with Gasteiger partial charge in [-0.3, -0.25) is 0 Å². The van der Waals surface area contributed by atoms with Crippen LogP contribution in [0.5, 0.6) is 0 Å². The number of aromatic amines is 1. The minimum Gasteiger partial charge on any atom is -0.223 e. The van der Waals surface area contributed by atoms with Crippen molar-refractivity contribution < 1.29 is 5.10 Å². The van der Waals surface area contributed by atoms with Crippen molar-refractivity contribution in [1.29, 1.82) is 0 Å². The van der Waals surface area contributed by atoms with Crippen molar-refractivity contribution in [1.82, 2.24) is 5.10 Å². The molecule has 0 saturated carbocycles. The minimum atomic E-state index is -0.634. The lowest BCUT2D eigenvalue weighted by molar-refractivity contribution is -0.369. The zero-order valence-corrected chi connectivity index (χ0v) is 8.90. The van der Waals surface area contributed by atoms with Crippen LogP contribution in [0.4, 0.5) is 0 Å². The highest BCUT2D eigenvalue weighted by atomic mass is 32.3. The van der Waals surface area contributed by atoms with E-state index in [1.807, 2.05) is 0 Å². The van der Waals surface area contributed by atoms with Crippen molar-refractivity contribution in [3.8, 4) is 0 Å². The Kier molecular flexibility index (Phi) is 1.74. The molecule has 1 aromatic carbocycles. The van der Waals surface area contributed by atoms with Gasteiger partial charge in [0.25, 0.3) is 0 Å². The predicted molar refractivity (Wildman–Crippen MR) is 56.4 cm³/mol. The summed E-state index contributed by atoms with van der Waals surface area (Å²) in [6.45, 7) is 0. The maximum atomic E-state index is 3.88. The summed E-state index contributed by atoms with van der Waals surface area (Å²) >= 11 is 0. The van der Waals surface area contributed by atoms with E-state index in [2.05, 4.69) is 53.4 Å². The minimum absolute atomic E-state index is 0.634. The molecule has 13 heavy (non-hydrogen) atoms. The van der Waals surface area contributed by atoms with Gasteiger partial charge in [0.15, 0.2) is 0 Å². The van der Waals surface area contributed by atoms with Gasteiger partial charge in [-0.2, -0.15) is 0 Å². The highest BCUT2D eigenvalue weighted by molar-refractivity contribution is 8.32. The number of fused-ring (bicyclic) bond motifs is 1. The van der Waals surface area contributed by atoms with Crippen LogP contribution >= 0.6 is 10.0 Å². The van der Waals surface area contributed by atoms with Gasteiger partial charge in [-0.1, -0.05) is 0 Å². The summed E-state index contributed by atoms with van der Waals surface area (Å²) in [5, 5.41) is 7.89. The molecule has 0 bridgehead atoms. The molecule has 3 heteroatoms. The predicted octanol–water partition coefficient (Wildman–Crippen LogP) is 1.62. The van der Waals surface area contributed by atoms with Crippen molar-refractivity contribution in [3.63, 3.8) is 0 Å². The average Bonchev–Trinajstić information content (AvgIpc) is 2.47. The Balaban J connectivity index is 2.61. The van der Waals surface area contributed by atoms with Crippen molar-refractivity contribution in [2.75, 3.05) is 18.8 Å². The molecule has 0 radical (unpaired) electrons. The topological polar surface area (TPSA) is 29.9 Å². The monoisotopic (exact) mass is 193 g/mol. The van der Waals surface area contributed by atoms with E-state index in [1.54, 1.807) is 0 Å². The highest BCUT2D eigenvalue weighted by Crippen LogP contribution is 2.45. The summed E-state index contributed by atoms with van der Waals surface area (Å²) in [4.78, 5) is 1.40. The first kappa shape index (κ1) is 8.46. The fourth-order valence-corrected chi connectivity index (χ4v) is 2.19. The molecule has 0 amide bonds. The Morgan fingerprint density at radius 2 is 2.08 bits per heavy atom. The Labute approximate surface area is 79.7 Å². The first-order valence-electron chi connectivity index (χ1n) is 4.11. The van der Waals surface area contributed by atoms with Crippen LogP contribution in [0, 0.1) is 6.20 Å².